The third-order valence-corrected chi connectivity index (χ3v) is 2.73. The van der Waals surface area contributed by atoms with Gasteiger partial charge in [0.15, 0.2) is 0 Å². The Hall–Kier alpha value is -1.47. The highest BCUT2D eigenvalue weighted by Crippen LogP contribution is 2.20. The molecule has 0 aliphatic carbocycles. The van der Waals surface area contributed by atoms with Crippen LogP contribution in [0.1, 0.15) is 18.2 Å². The van der Waals surface area contributed by atoms with Crippen LogP contribution in [-0.4, -0.2) is 44.8 Å². The second kappa shape index (κ2) is 3.84. The third-order valence-electron chi connectivity index (χ3n) is 2.73. The molecule has 1 atom stereocenters. The van der Waals surface area contributed by atoms with E-state index in [1.807, 2.05) is 4.90 Å². The Morgan fingerprint density at radius 3 is 2.94 bits per heavy atom. The van der Waals surface area contributed by atoms with E-state index >= 15 is 0 Å². The summed E-state index contributed by atoms with van der Waals surface area (Å²) in [6.07, 6.45) is 0.440. The molecule has 1 aromatic rings. The van der Waals surface area contributed by atoms with Crippen LogP contribution in [0, 0.1) is 6.92 Å². The molecule has 0 spiro atoms. The van der Waals surface area contributed by atoms with Crippen molar-refractivity contribution in [3.05, 3.63) is 11.8 Å². The number of rotatable bonds is 3. The molecule has 7 heteroatoms. The number of aryl methyl sites for hydroxylation is 1. The highest BCUT2D eigenvalue weighted by atomic mass is 16.4. The van der Waals surface area contributed by atoms with Gasteiger partial charge in [0, 0.05) is 20.0 Å². The number of nitrogens with zero attached hydrogens (tertiary/aromatic N) is 3. The van der Waals surface area contributed by atoms with Gasteiger partial charge in [-0.15, -0.1) is 10.2 Å². The minimum absolute atomic E-state index is 0.309. The summed E-state index contributed by atoms with van der Waals surface area (Å²) in [4.78, 5) is 12.8. The summed E-state index contributed by atoms with van der Waals surface area (Å²) in [7, 11) is 0. The average Bonchev–Trinajstić information content (AvgIpc) is 2.75. The van der Waals surface area contributed by atoms with Gasteiger partial charge in [-0.1, -0.05) is 0 Å². The lowest BCUT2D eigenvalue weighted by atomic mass is 10.0. The van der Waals surface area contributed by atoms with Crippen LogP contribution in [0.4, 0.5) is 0 Å². The van der Waals surface area contributed by atoms with Crippen molar-refractivity contribution in [2.45, 2.75) is 25.4 Å². The van der Waals surface area contributed by atoms with Gasteiger partial charge >= 0.3 is 5.97 Å². The summed E-state index contributed by atoms with van der Waals surface area (Å²) in [5, 5.41) is 16.5. The molecule has 3 N–H and O–H groups in total. The Balaban J connectivity index is 1.97. The van der Waals surface area contributed by atoms with E-state index in [0.717, 1.165) is 0 Å². The van der Waals surface area contributed by atoms with Crippen LogP contribution in [0.25, 0.3) is 0 Å². The molecule has 16 heavy (non-hydrogen) atoms. The zero-order valence-electron chi connectivity index (χ0n) is 9.01. The van der Waals surface area contributed by atoms with Crippen LogP contribution < -0.4 is 5.73 Å². The SMILES string of the molecule is Cc1nnc(CN2CCC(N)(C(=O)O)C2)o1. The van der Waals surface area contributed by atoms with Crippen molar-refractivity contribution in [1.29, 1.82) is 0 Å². The largest absolute Gasteiger partial charge is 0.480 e. The normalized spacial score (nSPS) is 26.1. The maximum absolute atomic E-state index is 10.9. The number of aromatic nitrogens is 2. The summed E-state index contributed by atoms with van der Waals surface area (Å²) >= 11 is 0. The van der Waals surface area contributed by atoms with Crippen LogP contribution in [0.2, 0.25) is 0 Å². The molecule has 0 radical (unpaired) electrons. The lowest BCUT2D eigenvalue weighted by Gasteiger charge is -2.18. The molecule has 0 amide bonds. The van der Waals surface area contributed by atoms with Crippen LogP contribution in [0.5, 0.6) is 0 Å². The van der Waals surface area contributed by atoms with E-state index in [-0.39, 0.29) is 0 Å². The first kappa shape index (κ1) is 11.0. The number of carboxylic acids is 1. The Labute approximate surface area is 92.2 Å². The fraction of sp³-hybridized carbons (Fsp3) is 0.667. The number of likely N-dealkylation sites (tertiary alicyclic amines) is 1. The molecule has 0 aromatic carbocycles. The number of hydrogen-bond acceptors (Lipinski definition) is 6. The molecule has 0 bridgehead atoms. The van der Waals surface area contributed by atoms with Gasteiger partial charge in [0.05, 0.1) is 6.54 Å². The molecule has 2 heterocycles. The Morgan fingerprint density at radius 1 is 1.69 bits per heavy atom. The molecule has 1 unspecified atom stereocenters. The topological polar surface area (TPSA) is 105 Å². The van der Waals surface area contributed by atoms with Crippen molar-refractivity contribution in [2.75, 3.05) is 13.1 Å². The van der Waals surface area contributed by atoms with Gasteiger partial charge < -0.3 is 15.3 Å². The van der Waals surface area contributed by atoms with Crippen LogP contribution in [-0.2, 0) is 11.3 Å². The van der Waals surface area contributed by atoms with E-state index in [4.69, 9.17) is 15.3 Å². The average molecular weight is 226 g/mol. The van der Waals surface area contributed by atoms with Gasteiger partial charge in [0.25, 0.3) is 0 Å². The minimum Gasteiger partial charge on any atom is -0.480 e. The van der Waals surface area contributed by atoms with E-state index in [1.54, 1.807) is 6.92 Å². The molecule has 1 aromatic heterocycles. The molecular weight excluding hydrogens is 212 g/mol. The van der Waals surface area contributed by atoms with Crippen molar-refractivity contribution in [3.63, 3.8) is 0 Å². The number of carbonyl (C=O) groups is 1. The van der Waals surface area contributed by atoms with Crippen molar-refractivity contribution in [3.8, 4) is 0 Å². The first-order valence-corrected chi connectivity index (χ1v) is 5.03. The molecule has 2 rings (SSSR count). The molecule has 1 aliphatic rings. The molecule has 1 aliphatic heterocycles. The fourth-order valence-corrected chi connectivity index (χ4v) is 1.82. The lowest BCUT2D eigenvalue weighted by Crippen LogP contribution is -2.50. The molecular formula is C9H14N4O3. The van der Waals surface area contributed by atoms with Gasteiger partial charge in [0.2, 0.25) is 11.8 Å². The van der Waals surface area contributed by atoms with Gasteiger partial charge in [-0.3, -0.25) is 9.69 Å². The maximum Gasteiger partial charge on any atom is 0.325 e. The number of aliphatic carboxylic acids is 1. The van der Waals surface area contributed by atoms with Crippen molar-refractivity contribution in [2.24, 2.45) is 5.73 Å². The second-order valence-corrected chi connectivity index (χ2v) is 4.14. The van der Waals surface area contributed by atoms with E-state index in [2.05, 4.69) is 10.2 Å². The van der Waals surface area contributed by atoms with Gasteiger partial charge in [0.1, 0.15) is 5.54 Å². The number of hydrogen-bond donors (Lipinski definition) is 2. The fourth-order valence-electron chi connectivity index (χ4n) is 1.82. The van der Waals surface area contributed by atoms with E-state index in [9.17, 15) is 4.79 Å². The van der Waals surface area contributed by atoms with Gasteiger partial charge in [-0.25, -0.2) is 0 Å². The Bertz CT molecular complexity index is 405. The van der Waals surface area contributed by atoms with E-state index in [1.165, 1.54) is 0 Å². The first-order valence-electron chi connectivity index (χ1n) is 5.03. The summed E-state index contributed by atoms with van der Waals surface area (Å²) in [6.45, 7) is 3.10. The Kier molecular flexibility index (Phi) is 2.64. The summed E-state index contributed by atoms with van der Waals surface area (Å²) in [5.74, 6) is 0.0373. The molecule has 1 fully saturated rings. The predicted octanol–water partition coefficient (Wildman–Crippen LogP) is -0.634. The van der Waals surface area contributed by atoms with Gasteiger partial charge in [-0.05, 0) is 6.42 Å². The first-order chi connectivity index (χ1) is 7.49. The van der Waals surface area contributed by atoms with Gasteiger partial charge in [-0.2, -0.15) is 0 Å². The van der Waals surface area contributed by atoms with E-state index in [0.29, 0.717) is 37.8 Å². The number of nitrogens with two attached hydrogens (primary N) is 1. The number of carboxylic acid groups (broad SMARTS) is 1. The zero-order chi connectivity index (χ0) is 11.8. The zero-order valence-corrected chi connectivity index (χ0v) is 9.01. The standard InChI is InChI=1S/C9H14N4O3/c1-6-11-12-7(16-6)4-13-3-2-9(10,5-13)8(14)15/h2-5,10H2,1H3,(H,14,15). The predicted molar refractivity (Wildman–Crippen MR) is 53.5 cm³/mol. The molecule has 0 saturated carbocycles. The maximum atomic E-state index is 10.9. The smallest absolute Gasteiger partial charge is 0.325 e. The van der Waals surface area contributed by atoms with Crippen LogP contribution in [0.15, 0.2) is 4.42 Å². The van der Waals surface area contributed by atoms with Crippen LogP contribution in [0.3, 0.4) is 0 Å². The monoisotopic (exact) mass is 226 g/mol. The second-order valence-electron chi connectivity index (χ2n) is 4.14. The van der Waals surface area contributed by atoms with Crippen molar-refractivity contribution < 1.29 is 14.3 Å². The highest BCUT2D eigenvalue weighted by Gasteiger charge is 2.41. The molecule has 1 saturated heterocycles. The molecule has 7 nitrogen and oxygen atoms in total. The lowest BCUT2D eigenvalue weighted by molar-refractivity contribution is -0.142. The summed E-state index contributed by atoms with van der Waals surface area (Å²) < 4.78 is 5.22. The summed E-state index contributed by atoms with van der Waals surface area (Å²) in [5.41, 5.74) is 4.60. The highest BCUT2D eigenvalue weighted by molar-refractivity contribution is 5.79. The quantitative estimate of drug-likeness (QED) is 0.706. The minimum atomic E-state index is -1.14. The van der Waals surface area contributed by atoms with E-state index < -0.39 is 11.5 Å². The van der Waals surface area contributed by atoms with Crippen LogP contribution >= 0.6 is 0 Å². The third kappa shape index (κ3) is 2.05. The Morgan fingerprint density at radius 2 is 2.44 bits per heavy atom. The van der Waals surface area contributed by atoms with Crippen molar-refractivity contribution >= 4 is 5.97 Å². The summed E-state index contributed by atoms with van der Waals surface area (Å²) in [6, 6.07) is 0. The molecule has 88 valence electrons. The van der Waals surface area contributed by atoms with Crippen molar-refractivity contribution in [1.82, 2.24) is 15.1 Å².